The number of methoxy groups -OCH3 is 1. The number of nitrogens with zero attached hydrogens (tertiary/aromatic N) is 3. The highest BCUT2D eigenvalue weighted by atomic mass is 32.1. The number of Topliss-reactive ketones (excluding diaryl/α,β-unsaturated/α-hetero) is 1. The Morgan fingerprint density at radius 2 is 1.83 bits per heavy atom. The third-order valence-corrected chi connectivity index (χ3v) is 8.57. The van der Waals surface area contributed by atoms with Gasteiger partial charge in [-0.15, -0.1) is 11.3 Å². The number of nitriles is 2. The van der Waals surface area contributed by atoms with E-state index in [2.05, 4.69) is 26.0 Å². The normalized spacial score (nSPS) is 21.2. The predicted molar refractivity (Wildman–Crippen MR) is 136 cm³/mol. The summed E-state index contributed by atoms with van der Waals surface area (Å²) < 4.78 is 5.31. The van der Waals surface area contributed by atoms with Crippen LogP contribution in [0.4, 0.5) is 5.00 Å². The molecular weight excluding hydrogens is 456 g/mol. The molecular formula is C28H28N4O2S. The molecule has 35 heavy (non-hydrogen) atoms. The number of allylic oxidation sites excluding steroid dienone is 3. The Labute approximate surface area is 209 Å². The Morgan fingerprint density at radius 3 is 2.49 bits per heavy atom. The monoisotopic (exact) mass is 484 g/mol. The van der Waals surface area contributed by atoms with Gasteiger partial charge in [-0.2, -0.15) is 10.5 Å². The molecule has 0 saturated carbocycles. The Balaban J connectivity index is 1.77. The molecule has 6 nitrogen and oxygen atoms in total. The summed E-state index contributed by atoms with van der Waals surface area (Å²) in [5, 5.41) is 21.2. The number of hydrogen-bond donors (Lipinski definition) is 1. The fourth-order valence-corrected chi connectivity index (χ4v) is 7.07. The molecule has 7 heteroatoms. The second kappa shape index (κ2) is 8.59. The molecule has 3 aliphatic rings. The largest absolute Gasteiger partial charge is 0.497 e. The summed E-state index contributed by atoms with van der Waals surface area (Å²) in [4.78, 5) is 16.8. The maximum atomic E-state index is 13.7. The lowest BCUT2D eigenvalue weighted by Crippen LogP contribution is -2.42. The first-order chi connectivity index (χ1) is 16.8. The molecule has 0 unspecified atom stereocenters. The molecule has 1 aromatic heterocycles. The second-order valence-electron chi connectivity index (χ2n) is 10.3. The van der Waals surface area contributed by atoms with Crippen molar-refractivity contribution in [3.05, 3.63) is 68.5 Å². The number of carbonyl (C=O) groups is 1. The first-order valence-electron chi connectivity index (χ1n) is 11.9. The molecule has 0 fully saturated rings. The zero-order chi connectivity index (χ0) is 24.9. The number of benzene rings is 1. The highest BCUT2D eigenvalue weighted by molar-refractivity contribution is 7.16. The van der Waals surface area contributed by atoms with Gasteiger partial charge >= 0.3 is 0 Å². The molecule has 1 atom stereocenters. The molecule has 178 valence electrons. The van der Waals surface area contributed by atoms with Crippen LogP contribution in [0.3, 0.4) is 0 Å². The Morgan fingerprint density at radius 1 is 1.11 bits per heavy atom. The van der Waals surface area contributed by atoms with Gasteiger partial charge in [0.25, 0.3) is 0 Å². The van der Waals surface area contributed by atoms with Crippen LogP contribution in [0.15, 0.2) is 46.9 Å². The van der Waals surface area contributed by atoms with Crippen molar-refractivity contribution >= 4 is 22.1 Å². The van der Waals surface area contributed by atoms with Crippen LogP contribution in [0.2, 0.25) is 0 Å². The number of anilines is 1. The number of hydrogen-bond acceptors (Lipinski definition) is 7. The van der Waals surface area contributed by atoms with Crippen molar-refractivity contribution < 1.29 is 9.53 Å². The van der Waals surface area contributed by atoms with E-state index in [4.69, 9.17) is 10.5 Å². The van der Waals surface area contributed by atoms with E-state index in [0.29, 0.717) is 41.1 Å². The van der Waals surface area contributed by atoms with E-state index < -0.39 is 5.92 Å². The van der Waals surface area contributed by atoms with E-state index >= 15 is 0 Å². The van der Waals surface area contributed by atoms with Crippen LogP contribution in [0.25, 0.3) is 0 Å². The summed E-state index contributed by atoms with van der Waals surface area (Å²) in [6, 6.07) is 12.2. The summed E-state index contributed by atoms with van der Waals surface area (Å²) >= 11 is 1.59. The number of rotatable bonds is 3. The van der Waals surface area contributed by atoms with E-state index in [1.165, 1.54) is 4.88 Å². The van der Waals surface area contributed by atoms with Gasteiger partial charge in [0.05, 0.1) is 30.2 Å². The number of ketones is 1. The van der Waals surface area contributed by atoms with Crippen molar-refractivity contribution in [3.63, 3.8) is 0 Å². The number of carbonyl (C=O) groups excluding carboxylic acids is 1. The van der Waals surface area contributed by atoms with Gasteiger partial charge in [0, 0.05) is 22.6 Å². The maximum Gasteiger partial charge on any atom is 0.162 e. The smallest absolute Gasteiger partial charge is 0.162 e. The van der Waals surface area contributed by atoms with Gasteiger partial charge in [0.1, 0.15) is 22.6 Å². The number of aryl methyl sites for hydroxylation is 1. The average Bonchev–Trinajstić information content (AvgIpc) is 3.20. The molecule has 2 aromatic rings. The third-order valence-electron chi connectivity index (χ3n) is 7.30. The number of fused-ring (bicyclic) bond motifs is 1. The zero-order valence-corrected chi connectivity index (χ0v) is 21.1. The van der Waals surface area contributed by atoms with Crippen LogP contribution >= 0.6 is 11.3 Å². The van der Waals surface area contributed by atoms with E-state index in [9.17, 15) is 15.3 Å². The molecule has 0 bridgehead atoms. The van der Waals surface area contributed by atoms with Gasteiger partial charge in [0.2, 0.25) is 0 Å². The van der Waals surface area contributed by atoms with Gasteiger partial charge in [0.15, 0.2) is 5.78 Å². The summed E-state index contributed by atoms with van der Waals surface area (Å²) in [7, 11) is 1.60. The SMILES string of the molecule is COc1ccc([C@H]2C(C#N)=C(N)N(c3sc4c(c3C#N)CCCC4)C3=C2C(=O)CC(C)(C)C3)cc1. The highest BCUT2D eigenvalue weighted by Gasteiger charge is 2.45. The van der Waals surface area contributed by atoms with Crippen LogP contribution in [0, 0.1) is 28.1 Å². The summed E-state index contributed by atoms with van der Waals surface area (Å²) in [6.45, 7) is 4.17. The number of thiophene rings is 1. The molecule has 2 aliphatic carbocycles. The van der Waals surface area contributed by atoms with E-state index in [0.717, 1.165) is 47.5 Å². The first-order valence-corrected chi connectivity index (χ1v) is 12.8. The molecule has 0 amide bonds. The van der Waals surface area contributed by atoms with Crippen LogP contribution in [0.5, 0.6) is 5.75 Å². The van der Waals surface area contributed by atoms with Crippen LogP contribution in [-0.4, -0.2) is 12.9 Å². The zero-order valence-electron chi connectivity index (χ0n) is 20.3. The summed E-state index contributed by atoms with van der Waals surface area (Å²) in [6.07, 6.45) is 5.02. The van der Waals surface area contributed by atoms with E-state index in [1.807, 2.05) is 29.2 Å². The van der Waals surface area contributed by atoms with Crippen LogP contribution in [-0.2, 0) is 17.6 Å². The molecule has 0 spiro atoms. The highest BCUT2D eigenvalue weighted by Crippen LogP contribution is 2.52. The van der Waals surface area contributed by atoms with Crippen LogP contribution < -0.4 is 15.4 Å². The van der Waals surface area contributed by atoms with Gasteiger partial charge in [-0.05, 0) is 60.8 Å². The minimum atomic E-state index is -0.541. The molecule has 0 radical (unpaired) electrons. The fourth-order valence-electron chi connectivity index (χ4n) is 5.69. The lowest BCUT2D eigenvalue weighted by molar-refractivity contribution is -0.118. The van der Waals surface area contributed by atoms with E-state index in [1.54, 1.807) is 18.4 Å². The standard InChI is InChI=1S/C28H28N4O2S/c1-28(2)12-21-25(22(33)13-28)24(16-8-10-17(34-3)11-9-16)20(15-30)26(31)32(21)27-19(14-29)18-6-4-5-7-23(18)35-27/h8-11,24H,4-7,12-13,31H2,1-3H3/t24-/m0/s1. The Hall–Kier alpha value is -3.55. The first kappa shape index (κ1) is 23.2. The molecule has 2 heterocycles. The van der Waals surface area contributed by atoms with Crippen molar-refractivity contribution in [1.29, 1.82) is 10.5 Å². The molecule has 0 saturated heterocycles. The van der Waals surface area contributed by atoms with Gasteiger partial charge in [-0.3, -0.25) is 9.69 Å². The Bertz CT molecular complexity index is 1370. The lowest BCUT2D eigenvalue weighted by atomic mass is 9.68. The molecule has 1 aromatic carbocycles. The third kappa shape index (κ3) is 3.72. The van der Waals surface area contributed by atoms with E-state index in [-0.39, 0.29) is 11.2 Å². The molecule has 1 aliphatic heterocycles. The van der Waals surface area contributed by atoms with Crippen LogP contribution in [0.1, 0.15) is 67.0 Å². The molecule has 5 rings (SSSR count). The van der Waals surface area contributed by atoms with Gasteiger partial charge in [-0.1, -0.05) is 26.0 Å². The summed E-state index contributed by atoms with van der Waals surface area (Å²) in [5.41, 5.74) is 10.9. The topological polar surface area (TPSA) is 103 Å². The minimum Gasteiger partial charge on any atom is -0.497 e. The maximum absolute atomic E-state index is 13.7. The van der Waals surface area contributed by atoms with Crippen molar-refractivity contribution in [2.45, 2.75) is 58.3 Å². The van der Waals surface area contributed by atoms with Crippen molar-refractivity contribution in [2.24, 2.45) is 11.1 Å². The Kier molecular flexibility index (Phi) is 5.69. The average molecular weight is 485 g/mol. The molecule has 2 N–H and O–H groups in total. The van der Waals surface area contributed by atoms with Crippen molar-refractivity contribution in [1.82, 2.24) is 0 Å². The predicted octanol–water partition coefficient (Wildman–Crippen LogP) is 5.45. The van der Waals surface area contributed by atoms with Gasteiger partial charge in [-0.25, -0.2) is 0 Å². The minimum absolute atomic E-state index is 0.0298. The second-order valence-corrected chi connectivity index (χ2v) is 11.3. The van der Waals surface area contributed by atoms with Crippen molar-refractivity contribution in [3.8, 4) is 17.9 Å². The number of ether oxygens (including phenoxy) is 1. The summed E-state index contributed by atoms with van der Waals surface area (Å²) in [5.74, 6) is 0.505. The number of nitrogens with two attached hydrogens (primary N) is 1. The fraction of sp³-hybridized carbons (Fsp3) is 0.393. The lowest BCUT2D eigenvalue weighted by Gasteiger charge is -2.43. The quantitative estimate of drug-likeness (QED) is 0.621. The van der Waals surface area contributed by atoms with Gasteiger partial charge < -0.3 is 10.5 Å². The van der Waals surface area contributed by atoms with Crippen molar-refractivity contribution in [2.75, 3.05) is 12.0 Å².